The third-order valence-electron chi connectivity index (χ3n) is 4.33. The molecule has 0 aliphatic heterocycles. The molecule has 0 saturated heterocycles. The average molecular weight is 245 g/mol. The number of rotatable bonds is 6. The van der Waals surface area contributed by atoms with Crippen LogP contribution in [0.4, 0.5) is 0 Å². The van der Waals surface area contributed by atoms with Gasteiger partial charge in [-0.3, -0.25) is 0 Å². The van der Waals surface area contributed by atoms with E-state index in [2.05, 4.69) is 44.3 Å². The van der Waals surface area contributed by atoms with E-state index >= 15 is 0 Å². The lowest BCUT2D eigenvalue weighted by molar-refractivity contribution is 0.260. The smallest absolute Gasteiger partial charge is 0.0328 e. The quantitative estimate of drug-likeness (QED) is 0.776. The summed E-state index contributed by atoms with van der Waals surface area (Å²) in [5, 5.41) is 3.77. The second-order valence-electron chi connectivity index (χ2n) is 5.84. The second-order valence-corrected chi connectivity index (χ2v) is 5.84. The van der Waals surface area contributed by atoms with E-state index in [9.17, 15) is 0 Å². The molecule has 1 heteroatoms. The van der Waals surface area contributed by atoms with Crippen LogP contribution in [0, 0.1) is 19.8 Å². The zero-order valence-corrected chi connectivity index (χ0v) is 12.1. The highest BCUT2D eigenvalue weighted by Crippen LogP contribution is 2.36. The lowest BCUT2D eigenvalue weighted by Crippen LogP contribution is -2.27. The van der Waals surface area contributed by atoms with E-state index in [4.69, 9.17) is 0 Å². The zero-order chi connectivity index (χ0) is 13.0. The van der Waals surface area contributed by atoms with Crippen LogP contribution in [0.25, 0.3) is 0 Å². The molecule has 1 unspecified atom stereocenters. The summed E-state index contributed by atoms with van der Waals surface area (Å²) < 4.78 is 0. The maximum atomic E-state index is 3.77. The maximum Gasteiger partial charge on any atom is 0.0328 e. The van der Waals surface area contributed by atoms with Crippen molar-refractivity contribution in [3.05, 3.63) is 34.9 Å². The van der Waals surface area contributed by atoms with Gasteiger partial charge in [0.15, 0.2) is 0 Å². The van der Waals surface area contributed by atoms with E-state index in [1.54, 1.807) is 5.56 Å². The third kappa shape index (κ3) is 3.14. The Bertz CT molecular complexity index is 359. The molecular formula is C17H27N. The minimum atomic E-state index is 0.566. The molecular weight excluding hydrogens is 218 g/mol. The Kier molecular flexibility index (Phi) is 4.82. The highest BCUT2D eigenvalue weighted by atomic mass is 14.9. The highest BCUT2D eigenvalue weighted by molar-refractivity contribution is 5.36. The molecule has 1 nitrogen and oxygen atoms in total. The lowest BCUT2D eigenvalue weighted by atomic mass is 9.78. The van der Waals surface area contributed by atoms with Crippen molar-refractivity contribution in [2.45, 2.75) is 58.9 Å². The molecule has 2 rings (SSSR count). The number of hydrogen-bond donors (Lipinski definition) is 1. The highest BCUT2D eigenvalue weighted by Gasteiger charge is 2.24. The molecule has 1 saturated carbocycles. The van der Waals surface area contributed by atoms with Crippen molar-refractivity contribution in [2.24, 2.45) is 5.92 Å². The predicted octanol–water partition coefficient (Wildman–Crippen LogP) is 4.53. The lowest BCUT2D eigenvalue weighted by Gasteiger charge is -2.32. The van der Waals surface area contributed by atoms with Gasteiger partial charge in [0, 0.05) is 6.04 Å². The summed E-state index contributed by atoms with van der Waals surface area (Å²) in [6.45, 7) is 7.89. The van der Waals surface area contributed by atoms with Crippen LogP contribution in [0.2, 0.25) is 0 Å². The second kappa shape index (κ2) is 6.38. The number of benzene rings is 1. The van der Waals surface area contributed by atoms with Gasteiger partial charge in [-0.15, -0.1) is 0 Å². The summed E-state index contributed by atoms with van der Waals surface area (Å²) in [7, 11) is 0. The Morgan fingerprint density at radius 2 is 1.89 bits per heavy atom. The van der Waals surface area contributed by atoms with Crippen LogP contribution in [0.1, 0.15) is 61.8 Å². The van der Waals surface area contributed by atoms with Gasteiger partial charge < -0.3 is 5.32 Å². The van der Waals surface area contributed by atoms with E-state index < -0.39 is 0 Å². The Labute approximate surface area is 112 Å². The number of hydrogen-bond acceptors (Lipinski definition) is 1. The van der Waals surface area contributed by atoms with Crippen LogP contribution >= 0.6 is 0 Å². The van der Waals surface area contributed by atoms with E-state index in [-0.39, 0.29) is 0 Å². The largest absolute Gasteiger partial charge is 0.310 e. The molecule has 1 aliphatic rings. The fourth-order valence-corrected chi connectivity index (χ4v) is 3.06. The van der Waals surface area contributed by atoms with Gasteiger partial charge in [0.2, 0.25) is 0 Å². The van der Waals surface area contributed by atoms with E-state index in [0.29, 0.717) is 6.04 Å². The van der Waals surface area contributed by atoms with Gasteiger partial charge in [0.05, 0.1) is 0 Å². The molecule has 1 aromatic rings. The zero-order valence-electron chi connectivity index (χ0n) is 12.1. The average Bonchev–Trinajstić information content (AvgIpc) is 2.29. The SMILES string of the molecule is CCCNC(CC1CCC1)c1c(C)cccc1C. The molecule has 0 radical (unpaired) electrons. The summed E-state index contributed by atoms with van der Waals surface area (Å²) in [5.74, 6) is 0.957. The fourth-order valence-electron chi connectivity index (χ4n) is 3.06. The van der Waals surface area contributed by atoms with Crippen molar-refractivity contribution in [3.8, 4) is 0 Å². The Morgan fingerprint density at radius 1 is 1.22 bits per heavy atom. The molecule has 1 atom stereocenters. The monoisotopic (exact) mass is 245 g/mol. The molecule has 1 fully saturated rings. The first-order chi connectivity index (χ1) is 8.72. The van der Waals surface area contributed by atoms with Crippen molar-refractivity contribution in [1.29, 1.82) is 0 Å². The minimum absolute atomic E-state index is 0.566. The molecule has 1 aromatic carbocycles. The molecule has 0 amide bonds. The van der Waals surface area contributed by atoms with Gasteiger partial charge in [-0.05, 0) is 55.8 Å². The fraction of sp³-hybridized carbons (Fsp3) is 0.647. The first-order valence-electron chi connectivity index (χ1n) is 7.52. The van der Waals surface area contributed by atoms with Crippen molar-refractivity contribution < 1.29 is 0 Å². The molecule has 0 heterocycles. The topological polar surface area (TPSA) is 12.0 Å². The maximum absolute atomic E-state index is 3.77. The van der Waals surface area contributed by atoms with Crippen molar-refractivity contribution in [2.75, 3.05) is 6.54 Å². The molecule has 0 spiro atoms. The van der Waals surface area contributed by atoms with Crippen LogP contribution in [-0.4, -0.2) is 6.54 Å². The number of aryl methyl sites for hydroxylation is 2. The van der Waals surface area contributed by atoms with Crippen LogP contribution in [0.5, 0.6) is 0 Å². The van der Waals surface area contributed by atoms with Crippen molar-refractivity contribution in [3.63, 3.8) is 0 Å². The molecule has 1 N–H and O–H groups in total. The van der Waals surface area contributed by atoms with Crippen LogP contribution in [0.3, 0.4) is 0 Å². The standard InChI is InChI=1S/C17H27N/c1-4-11-18-16(12-15-9-6-10-15)17-13(2)7-5-8-14(17)3/h5,7-8,15-16,18H,4,6,9-12H2,1-3H3. The van der Waals surface area contributed by atoms with Gasteiger partial charge >= 0.3 is 0 Å². The molecule has 100 valence electrons. The summed E-state index contributed by atoms with van der Waals surface area (Å²) in [6.07, 6.45) is 6.86. The summed E-state index contributed by atoms with van der Waals surface area (Å²) >= 11 is 0. The Hall–Kier alpha value is -0.820. The van der Waals surface area contributed by atoms with Crippen molar-refractivity contribution in [1.82, 2.24) is 5.32 Å². The Balaban J connectivity index is 2.14. The third-order valence-corrected chi connectivity index (χ3v) is 4.33. The Morgan fingerprint density at radius 3 is 2.39 bits per heavy atom. The van der Waals surface area contributed by atoms with Crippen LogP contribution in [-0.2, 0) is 0 Å². The molecule has 18 heavy (non-hydrogen) atoms. The molecule has 0 aromatic heterocycles. The first kappa shape index (κ1) is 13.6. The van der Waals surface area contributed by atoms with Gasteiger partial charge in [0.1, 0.15) is 0 Å². The summed E-state index contributed by atoms with van der Waals surface area (Å²) in [6, 6.07) is 7.25. The normalized spacial score (nSPS) is 17.5. The minimum Gasteiger partial charge on any atom is -0.310 e. The van der Waals surface area contributed by atoms with Crippen LogP contribution in [0.15, 0.2) is 18.2 Å². The predicted molar refractivity (Wildman–Crippen MR) is 78.9 cm³/mol. The molecule has 0 bridgehead atoms. The molecule has 1 aliphatic carbocycles. The van der Waals surface area contributed by atoms with Gasteiger partial charge in [-0.1, -0.05) is 44.4 Å². The number of nitrogens with one attached hydrogen (secondary N) is 1. The van der Waals surface area contributed by atoms with E-state index in [0.717, 1.165) is 12.5 Å². The van der Waals surface area contributed by atoms with Gasteiger partial charge in [-0.25, -0.2) is 0 Å². The first-order valence-corrected chi connectivity index (χ1v) is 7.52. The van der Waals surface area contributed by atoms with Crippen LogP contribution < -0.4 is 5.32 Å². The van der Waals surface area contributed by atoms with Crippen molar-refractivity contribution >= 4 is 0 Å². The summed E-state index contributed by atoms with van der Waals surface area (Å²) in [5.41, 5.74) is 4.45. The van der Waals surface area contributed by atoms with E-state index in [1.165, 1.54) is 43.2 Å². The van der Waals surface area contributed by atoms with E-state index in [1.807, 2.05) is 0 Å². The van der Waals surface area contributed by atoms with Gasteiger partial charge in [-0.2, -0.15) is 0 Å². The summed E-state index contributed by atoms with van der Waals surface area (Å²) in [4.78, 5) is 0. The van der Waals surface area contributed by atoms with Gasteiger partial charge in [0.25, 0.3) is 0 Å².